The number of aliphatic hydroxyl groups excluding tert-OH is 1. The molecule has 0 heterocycles. The molecule has 0 spiro atoms. The van der Waals surface area contributed by atoms with Crippen LogP contribution in [0.2, 0.25) is 0 Å². The molecule has 1 rings (SSSR count). The van der Waals surface area contributed by atoms with E-state index in [4.69, 9.17) is 19.3 Å². The molecule has 1 aromatic carbocycles. The third kappa shape index (κ3) is 4.94. The maximum atomic E-state index is 9.04. The van der Waals surface area contributed by atoms with E-state index in [-0.39, 0.29) is 12.2 Å². The van der Waals surface area contributed by atoms with Gasteiger partial charge in [0.25, 0.3) is 0 Å². The van der Waals surface area contributed by atoms with Gasteiger partial charge in [-0.25, -0.2) is 0 Å². The number of methoxy groups -OCH3 is 1. The predicted molar refractivity (Wildman–Crippen MR) is 70.1 cm³/mol. The number of benzene rings is 1. The summed E-state index contributed by atoms with van der Waals surface area (Å²) in [5.41, 5.74) is 0.638. The molecule has 0 amide bonds. The van der Waals surface area contributed by atoms with Gasteiger partial charge in [-0.15, -0.1) is 0 Å². The van der Waals surface area contributed by atoms with Crippen molar-refractivity contribution in [3.63, 3.8) is 0 Å². The van der Waals surface area contributed by atoms with Gasteiger partial charge in [0.15, 0.2) is 11.5 Å². The second-order valence-corrected chi connectivity index (χ2v) is 4.95. The van der Waals surface area contributed by atoms with Gasteiger partial charge >= 0.3 is 0 Å². The Morgan fingerprint density at radius 1 is 1.11 bits per heavy atom. The summed E-state index contributed by atoms with van der Waals surface area (Å²) in [7, 11) is 1.58. The molecule has 0 fully saturated rings. The van der Waals surface area contributed by atoms with Crippen LogP contribution in [0.15, 0.2) is 18.2 Å². The predicted octanol–water partition coefficient (Wildman–Crippen LogP) is 2.38. The lowest BCUT2D eigenvalue weighted by Gasteiger charge is -2.19. The van der Waals surface area contributed by atoms with E-state index < -0.39 is 0 Å². The highest BCUT2D eigenvalue weighted by Gasteiger charge is 2.10. The van der Waals surface area contributed by atoms with E-state index in [0.29, 0.717) is 24.7 Å². The molecule has 0 unspecified atom stereocenters. The normalized spacial score (nSPS) is 11.4. The molecule has 4 heteroatoms. The van der Waals surface area contributed by atoms with Crippen LogP contribution in [0.1, 0.15) is 26.3 Å². The third-order valence-electron chi connectivity index (χ3n) is 2.29. The van der Waals surface area contributed by atoms with Crippen molar-refractivity contribution in [2.24, 2.45) is 0 Å². The Morgan fingerprint density at radius 3 is 2.39 bits per heavy atom. The molecule has 0 radical (unpaired) electrons. The Labute approximate surface area is 108 Å². The van der Waals surface area contributed by atoms with E-state index in [1.165, 1.54) is 0 Å². The van der Waals surface area contributed by atoms with Crippen molar-refractivity contribution in [2.75, 3.05) is 20.3 Å². The minimum atomic E-state index is -0.159. The van der Waals surface area contributed by atoms with Gasteiger partial charge in [0, 0.05) is 0 Å². The highest BCUT2D eigenvalue weighted by molar-refractivity contribution is 5.42. The summed E-state index contributed by atoms with van der Waals surface area (Å²) in [6, 6.07) is 5.36. The molecule has 0 aromatic heterocycles. The van der Waals surface area contributed by atoms with Gasteiger partial charge in [-0.1, -0.05) is 6.07 Å². The van der Waals surface area contributed by atoms with Crippen molar-refractivity contribution in [3.05, 3.63) is 23.8 Å². The molecule has 0 saturated carbocycles. The number of hydrogen-bond donors (Lipinski definition) is 1. The average molecular weight is 254 g/mol. The fourth-order valence-corrected chi connectivity index (χ4v) is 1.43. The molecule has 4 nitrogen and oxygen atoms in total. The maximum Gasteiger partial charge on any atom is 0.161 e. The van der Waals surface area contributed by atoms with Crippen LogP contribution in [0.3, 0.4) is 0 Å². The van der Waals surface area contributed by atoms with Crippen molar-refractivity contribution >= 4 is 0 Å². The maximum absolute atomic E-state index is 9.04. The first-order valence-corrected chi connectivity index (χ1v) is 6.01. The zero-order valence-corrected chi connectivity index (χ0v) is 11.5. The van der Waals surface area contributed by atoms with Crippen molar-refractivity contribution < 1.29 is 19.3 Å². The lowest BCUT2D eigenvalue weighted by molar-refractivity contribution is -0.0165. The first-order chi connectivity index (χ1) is 8.46. The van der Waals surface area contributed by atoms with Crippen molar-refractivity contribution in [2.45, 2.75) is 33.0 Å². The van der Waals surface area contributed by atoms with Gasteiger partial charge < -0.3 is 19.3 Å². The van der Waals surface area contributed by atoms with Gasteiger partial charge in [0.1, 0.15) is 6.61 Å². The van der Waals surface area contributed by atoms with E-state index in [2.05, 4.69) is 0 Å². The summed E-state index contributed by atoms with van der Waals surface area (Å²) in [5.74, 6) is 1.28. The van der Waals surface area contributed by atoms with Crippen LogP contribution >= 0.6 is 0 Å². The summed E-state index contributed by atoms with van der Waals surface area (Å²) in [6.07, 6.45) is 0. The van der Waals surface area contributed by atoms with Crippen LogP contribution in [0, 0.1) is 0 Å². The Hall–Kier alpha value is -1.26. The van der Waals surface area contributed by atoms with Gasteiger partial charge in [-0.2, -0.15) is 0 Å². The van der Waals surface area contributed by atoms with Gasteiger partial charge in [0.05, 0.1) is 25.9 Å². The molecular formula is C14H22O4. The molecule has 18 heavy (non-hydrogen) atoms. The van der Waals surface area contributed by atoms with E-state index in [0.717, 1.165) is 5.56 Å². The zero-order valence-electron chi connectivity index (χ0n) is 11.5. The van der Waals surface area contributed by atoms with E-state index in [9.17, 15) is 0 Å². The van der Waals surface area contributed by atoms with Crippen LogP contribution in [-0.4, -0.2) is 31.0 Å². The second kappa shape index (κ2) is 6.61. The summed E-state index contributed by atoms with van der Waals surface area (Å²) >= 11 is 0. The average Bonchev–Trinajstić information content (AvgIpc) is 2.33. The molecule has 0 aliphatic heterocycles. The first-order valence-electron chi connectivity index (χ1n) is 6.01. The number of ether oxygens (including phenoxy) is 3. The van der Waals surface area contributed by atoms with Crippen molar-refractivity contribution in [3.8, 4) is 11.5 Å². The molecule has 0 atom stereocenters. The quantitative estimate of drug-likeness (QED) is 0.792. The summed E-state index contributed by atoms with van der Waals surface area (Å²) in [6.45, 7) is 6.99. The molecule has 1 aromatic rings. The number of hydrogen-bond acceptors (Lipinski definition) is 4. The molecule has 0 aliphatic rings. The fraction of sp³-hybridized carbons (Fsp3) is 0.571. The highest BCUT2D eigenvalue weighted by Crippen LogP contribution is 2.28. The first kappa shape index (κ1) is 14.8. The Kier molecular flexibility index (Phi) is 5.44. The Morgan fingerprint density at radius 2 is 1.83 bits per heavy atom. The summed E-state index contributed by atoms with van der Waals surface area (Å²) in [4.78, 5) is 0. The Bertz CT molecular complexity index is 369. The van der Waals surface area contributed by atoms with E-state index in [1.807, 2.05) is 26.8 Å². The molecule has 0 saturated heterocycles. The van der Waals surface area contributed by atoms with E-state index in [1.54, 1.807) is 19.2 Å². The van der Waals surface area contributed by atoms with Crippen LogP contribution in [0.25, 0.3) is 0 Å². The minimum Gasteiger partial charge on any atom is -0.493 e. The summed E-state index contributed by atoms with van der Waals surface area (Å²) in [5, 5.41) is 9.04. The largest absolute Gasteiger partial charge is 0.493 e. The van der Waals surface area contributed by atoms with Crippen molar-refractivity contribution in [1.82, 2.24) is 0 Å². The number of aliphatic hydroxyl groups is 1. The molecule has 102 valence electrons. The highest BCUT2D eigenvalue weighted by atomic mass is 16.5. The third-order valence-corrected chi connectivity index (χ3v) is 2.29. The lowest BCUT2D eigenvalue weighted by Crippen LogP contribution is -2.22. The van der Waals surface area contributed by atoms with Gasteiger partial charge in [-0.3, -0.25) is 0 Å². The smallest absolute Gasteiger partial charge is 0.161 e. The van der Waals surface area contributed by atoms with Crippen LogP contribution in [-0.2, 0) is 11.3 Å². The Balaban J connectivity index is 2.51. The van der Waals surface area contributed by atoms with Crippen LogP contribution < -0.4 is 9.47 Å². The number of rotatable bonds is 6. The van der Waals surface area contributed by atoms with Crippen LogP contribution in [0.4, 0.5) is 0 Å². The second-order valence-electron chi connectivity index (χ2n) is 4.95. The van der Waals surface area contributed by atoms with Crippen LogP contribution in [0.5, 0.6) is 11.5 Å². The monoisotopic (exact) mass is 254 g/mol. The molecule has 1 N–H and O–H groups in total. The van der Waals surface area contributed by atoms with Crippen molar-refractivity contribution in [1.29, 1.82) is 0 Å². The zero-order chi connectivity index (χ0) is 13.6. The molecular weight excluding hydrogens is 232 g/mol. The minimum absolute atomic E-state index is 0.0101. The molecule has 0 aliphatic carbocycles. The SMILES string of the molecule is COc1cc(CO)ccc1OCCOC(C)(C)C. The molecule has 0 bridgehead atoms. The fourth-order valence-electron chi connectivity index (χ4n) is 1.43. The van der Waals surface area contributed by atoms with E-state index >= 15 is 0 Å². The van der Waals surface area contributed by atoms with Gasteiger partial charge in [0.2, 0.25) is 0 Å². The standard InChI is InChI=1S/C14H22O4/c1-14(2,3)18-8-7-17-12-6-5-11(10-15)9-13(12)16-4/h5-6,9,15H,7-8,10H2,1-4H3. The topological polar surface area (TPSA) is 47.9 Å². The lowest BCUT2D eigenvalue weighted by atomic mass is 10.2. The van der Waals surface area contributed by atoms with Gasteiger partial charge in [-0.05, 0) is 38.5 Å². The summed E-state index contributed by atoms with van der Waals surface area (Å²) < 4.78 is 16.4.